The van der Waals surface area contributed by atoms with Crippen LogP contribution in [0.5, 0.6) is 0 Å². The van der Waals surface area contributed by atoms with Gasteiger partial charge in [-0.1, -0.05) is 6.07 Å². The van der Waals surface area contributed by atoms with Crippen molar-refractivity contribution in [3.63, 3.8) is 0 Å². The number of morpholine rings is 1. The fourth-order valence-electron chi connectivity index (χ4n) is 2.71. The number of hydrogen-bond donors (Lipinski definition) is 0. The molecule has 1 amide bonds. The van der Waals surface area contributed by atoms with Crippen LogP contribution < -0.4 is 0 Å². The summed E-state index contributed by atoms with van der Waals surface area (Å²) in [5.74, 6) is 0.365. The number of thioether (sulfide) groups is 1. The van der Waals surface area contributed by atoms with Crippen LogP contribution in [0.1, 0.15) is 10.9 Å². The zero-order valence-electron chi connectivity index (χ0n) is 12.1. The molecule has 0 aromatic heterocycles. The summed E-state index contributed by atoms with van der Waals surface area (Å²) < 4.78 is 19.2. The number of rotatable bonds is 4. The summed E-state index contributed by atoms with van der Waals surface area (Å²) >= 11 is 4.82. The van der Waals surface area contributed by atoms with E-state index in [1.165, 1.54) is 6.07 Å². The highest BCUT2D eigenvalue weighted by Crippen LogP contribution is 2.39. The fraction of sp³-hybridized carbons (Fsp3) is 0.533. The average Bonchev–Trinajstić information content (AvgIpc) is 2.90. The van der Waals surface area contributed by atoms with E-state index < -0.39 is 0 Å². The average molecular weight is 389 g/mol. The first-order valence-corrected chi connectivity index (χ1v) is 9.15. The number of halogens is 2. The maximum atomic E-state index is 13.4. The van der Waals surface area contributed by atoms with Crippen molar-refractivity contribution >= 4 is 33.6 Å². The normalized spacial score (nSPS) is 23.3. The molecule has 0 N–H and O–H groups in total. The Morgan fingerprint density at radius 1 is 1.32 bits per heavy atom. The number of nitrogens with zero attached hydrogens (tertiary/aromatic N) is 2. The van der Waals surface area contributed by atoms with E-state index in [-0.39, 0.29) is 17.1 Å². The Morgan fingerprint density at radius 3 is 2.82 bits per heavy atom. The topological polar surface area (TPSA) is 32.8 Å². The van der Waals surface area contributed by atoms with Gasteiger partial charge in [-0.15, -0.1) is 11.8 Å². The molecular weight excluding hydrogens is 371 g/mol. The van der Waals surface area contributed by atoms with Crippen molar-refractivity contribution in [2.45, 2.75) is 5.37 Å². The molecule has 120 valence electrons. The molecule has 2 saturated heterocycles. The van der Waals surface area contributed by atoms with Gasteiger partial charge in [-0.25, -0.2) is 4.39 Å². The largest absolute Gasteiger partial charge is 0.379 e. The minimum atomic E-state index is -0.280. The molecule has 2 heterocycles. The van der Waals surface area contributed by atoms with Gasteiger partial charge in [0.1, 0.15) is 11.2 Å². The van der Waals surface area contributed by atoms with Crippen LogP contribution in [-0.4, -0.2) is 60.9 Å². The molecule has 2 aliphatic heterocycles. The van der Waals surface area contributed by atoms with Crippen LogP contribution in [0.25, 0.3) is 0 Å². The summed E-state index contributed by atoms with van der Waals surface area (Å²) in [5.41, 5.74) is 0.964. The maximum absolute atomic E-state index is 13.4. The quantitative estimate of drug-likeness (QED) is 0.793. The van der Waals surface area contributed by atoms with E-state index in [1.807, 2.05) is 4.90 Å². The molecule has 0 saturated carbocycles. The summed E-state index contributed by atoms with van der Waals surface area (Å²) in [6, 6.07) is 4.98. The van der Waals surface area contributed by atoms with Crippen LogP contribution in [-0.2, 0) is 9.53 Å². The molecule has 1 atom stereocenters. The molecule has 2 fully saturated rings. The third-order valence-electron chi connectivity index (χ3n) is 3.96. The lowest BCUT2D eigenvalue weighted by molar-refractivity contribution is -0.128. The van der Waals surface area contributed by atoms with Gasteiger partial charge in [-0.2, -0.15) is 0 Å². The molecule has 1 unspecified atom stereocenters. The first kappa shape index (κ1) is 16.2. The van der Waals surface area contributed by atoms with Gasteiger partial charge in [0.25, 0.3) is 0 Å². The Balaban J connectivity index is 1.67. The second-order valence-corrected chi connectivity index (χ2v) is 7.30. The Hall–Kier alpha value is -0.630. The van der Waals surface area contributed by atoms with E-state index in [4.69, 9.17) is 4.74 Å². The van der Waals surface area contributed by atoms with Crippen LogP contribution in [0.15, 0.2) is 22.7 Å². The Kier molecular flexibility index (Phi) is 5.38. The number of ether oxygens (including phenoxy) is 1. The second-order valence-electron chi connectivity index (χ2n) is 5.38. The molecule has 0 radical (unpaired) electrons. The van der Waals surface area contributed by atoms with Crippen LogP contribution in [0.2, 0.25) is 0 Å². The SMILES string of the molecule is O=C1CSC(c2ccc(F)c(Br)c2)N1CCN1CCOCC1. The first-order chi connectivity index (χ1) is 10.6. The first-order valence-electron chi connectivity index (χ1n) is 7.31. The van der Waals surface area contributed by atoms with Gasteiger partial charge in [0, 0.05) is 26.2 Å². The van der Waals surface area contributed by atoms with Gasteiger partial charge in [0.2, 0.25) is 5.91 Å². The zero-order chi connectivity index (χ0) is 15.5. The summed E-state index contributed by atoms with van der Waals surface area (Å²) in [6.45, 7) is 4.91. The number of amides is 1. The van der Waals surface area contributed by atoms with Crippen molar-refractivity contribution in [3.05, 3.63) is 34.1 Å². The van der Waals surface area contributed by atoms with Gasteiger partial charge in [0.15, 0.2) is 0 Å². The molecule has 4 nitrogen and oxygen atoms in total. The molecule has 1 aromatic carbocycles. The molecule has 2 aliphatic rings. The van der Waals surface area contributed by atoms with Crippen molar-refractivity contribution in [1.29, 1.82) is 0 Å². The van der Waals surface area contributed by atoms with Crippen molar-refractivity contribution in [2.24, 2.45) is 0 Å². The molecule has 7 heteroatoms. The smallest absolute Gasteiger partial charge is 0.233 e. The summed E-state index contributed by atoms with van der Waals surface area (Å²) in [6.07, 6.45) is 0. The number of carbonyl (C=O) groups is 1. The summed E-state index contributed by atoms with van der Waals surface area (Å²) in [5, 5.41) is -0.0227. The van der Waals surface area contributed by atoms with Crippen LogP contribution in [0.4, 0.5) is 4.39 Å². The van der Waals surface area contributed by atoms with Gasteiger partial charge in [0.05, 0.1) is 23.4 Å². The predicted octanol–water partition coefficient (Wildman–Crippen LogP) is 2.49. The second kappa shape index (κ2) is 7.29. The maximum Gasteiger partial charge on any atom is 0.233 e. The van der Waals surface area contributed by atoms with Crippen molar-refractivity contribution < 1.29 is 13.9 Å². The highest BCUT2D eigenvalue weighted by Gasteiger charge is 2.33. The highest BCUT2D eigenvalue weighted by molar-refractivity contribution is 9.10. The predicted molar refractivity (Wildman–Crippen MR) is 88.3 cm³/mol. The lowest BCUT2D eigenvalue weighted by Gasteiger charge is -2.30. The van der Waals surface area contributed by atoms with Gasteiger partial charge < -0.3 is 9.64 Å². The van der Waals surface area contributed by atoms with Gasteiger partial charge in [-0.3, -0.25) is 9.69 Å². The Morgan fingerprint density at radius 2 is 2.09 bits per heavy atom. The van der Waals surface area contributed by atoms with E-state index in [0.29, 0.717) is 16.8 Å². The van der Waals surface area contributed by atoms with Crippen molar-refractivity contribution in [1.82, 2.24) is 9.80 Å². The van der Waals surface area contributed by atoms with E-state index >= 15 is 0 Å². The van der Waals surface area contributed by atoms with E-state index in [2.05, 4.69) is 20.8 Å². The molecule has 1 aromatic rings. The van der Waals surface area contributed by atoms with Crippen molar-refractivity contribution in [2.75, 3.05) is 45.1 Å². The van der Waals surface area contributed by atoms with E-state index in [9.17, 15) is 9.18 Å². The summed E-state index contributed by atoms with van der Waals surface area (Å²) in [4.78, 5) is 16.4. The van der Waals surface area contributed by atoms with Gasteiger partial charge >= 0.3 is 0 Å². The number of benzene rings is 1. The highest BCUT2D eigenvalue weighted by atomic mass is 79.9. The minimum Gasteiger partial charge on any atom is -0.379 e. The molecular formula is C15H18BrFN2O2S. The molecule has 0 spiro atoms. The standard InChI is InChI=1S/C15H18BrFN2O2S/c16-12-9-11(1-2-13(12)17)15-19(14(20)10-22-15)4-3-18-5-7-21-8-6-18/h1-2,9,15H,3-8,10H2. The van der Waals surface area contributed by atoms with Crippen LogP contribution in [0, 0.1) is 5.82 Å². The van der Waals surface area contributed by atoms with Crippen LogP contribution >= 0.6 is 27.7 Å². The fourth-order valence-corrected chi connectivity index (χ4v) is 4.32. The number of carbonyl (C=O) groups excluding carboxylic acids is 1. The lowest BCUT2D eigenvalue weighted by atomic mass is 10.2. The zero-order valence-corrected chi connectivity index (χ0v) is 14.5. The van der Waals surface area contributed by atoms with Gasteiger partial charge in [-0.05, 0) is 33.6 Å². The van der Waals surface area contributed by atoms with E-state index in [1.54, 1.807) is 23.9 Å². The Bertz CT molecular complexity index is 554. The molecule has 22 heavy (non-hydrogen) atoms. The van der Waals surface area contributed by atoms with Crippen LogP contribution in [0.3, 0.4) is 0 Å². The van der Waals surface area contributed by atoms with E-state index in [0.717, 1.165) is 38.4 Å². The third-order valence-corrected chi connectivity index (χ3v) is 5.82. The van der Waals surface area contributed by atoms with Crippen molar-refractivity contribution in [3.8, 4) is 0 Å². The Labute approximate surface area is 142 Å². The molecule has 0 aliphatic carbocycles. The summed E-state index contributed by atoms with van der Waals surface area (Å²) in [7, 11) is 0. The lowest BCUT2D eigenvalue weighted by Crippen LogP contribution is -2.42. The third kappa shape index (κ3) is 3.64. The minimum absolute atomic E-state index is 0.0227. The molecule has 3 rings (SSSR count). The monoisotopic (exact) mass is 388 g/mol. The number of hydrogen-bond acceptors (Lipinski definition) is 4. The molecule has 0 bridgehead atoms.